The van der Waals surface area contributed by atoms with Gasteiger partial charge in [0, 0.05) is 37.1 Å². The predicted molar refractivity (Wildman–Crippen MR) is 65.2 cm³/mol. The maximum absolute atomic E-state index is 5.21. The Hall–Kier alpha value is 0.995. The molecule has 0 aliphatic carbocycles. The Bertz CT molecular complexity index is 90.1. The van der Waals surface area contributed by atoms with Crippen LogP contribution in [0.4, 0.5) is 0 Å². The summed E-state index contributed by atoms with van der Waals surface area (Å²) in [6.07, 6.45) is 0. The van der Waals surface area contributed by atoms with Crippen LogP contribution in [-0.2, 0) is 14.0 Å². The molecular weight excluding hydrogens is 227 g/mol. The maximum Gasteiger partial charge on any atom is 0.639 e. The fourth-order valence-electron chi connectivity index (χ4n) is 0.591. The van der Waals surface area contributed by atoms with E-state index in [4.69, 9.17) is 14.0 Å². The van der Waals surface area contributed by atoms with E-state index in [1.807, 2.05) is 0 Å². The van der Waals surface area contributed by atoms with Gasteiger partial charge in [0.05, 0.1) is 0 Å². The highest BCUT2D eigenvalue weighted by molar-refractivity contribution is 7.80. The van der Waals surface area contributed by atoms with Crippen molar-refractivity contribution < 1.29 is 14.0 Å². The Labute approximate surface area is 96.3 Å². The van der Waals surface area contributed by atoms with Gasteiger partial charge in [0.15, 0.2) is 0 Å². The molecule has 0 saturated heterocycles. The fourth-order valence-corrected chi connectivity index (χ4v) is 0.907. The molecule has 0 amide bonds. The van der Waals surface area contributed by atoms with E-state index >= 15 is 0 Å². The van der Waals surface area contributed by atoms with Crippen LogP contribution in [-0.4, -0.2) is 44.4 Å². The van der Waals surface area contributed by atoms with Gasteiger partial charge in [-0.05, 0) is 0 Å². The number of rotatable bonds is 9. The Morgan fingerprint density at radius 1 is 0.692 bits per heavy atom. The monoisotopic (exact) mass is 242 g/mol. The second-order valence-corrected chi connectivity index (χ2v) is 3.41. The Morgan fingerprint density at radius 3 is 1.23 bits per heavy atom. The largest absolute Gasteiger partial charge is 0.639 e. The first kappa shape index (κ1) is 14.0. The third kappa shape index (κ3) is 9.30. The molecule has 0 aromatic rings. The lowest BCUT2D eigenvalue weighted by Crippen LogP contribution is -2.29. The van der Waals surface area contributed by atoms with Gasteiger partial charge < -0.3 is 14.0 Å². The molecule has 13 heavy (non-hydrogen) atoms. The van der Waals surface area contributed by atoms with E-state index < -0.39 is 7.32 Å². The lowest BCUT2D eigenvalue weighted by Gasteiger charge is -2.12. The van der Waals surface area contributed by atoms with Gasteiger partial charge in [-0.15, -0.1) is 0 Å². The zero-order valence-corrected chi connectivity index (χ0v) is 10.1. The Balaban J connectivity index is 3.47. The van der Waals surface area contributed by atoms with E-state index in [1.54, 1.807) is 0 Å². The van der Waals surface area contributed by atoms with Gasteiger partial charge in [-0.1, -0.05) is 0 Å². The summed E-state index contributed by atoms with van der Waals surface area (Å²) in [5, 5.41) is 0. The third-order valence-electron chi connectivity index (χ3n) is 1.04. The molecule has 0 aliphatic rings. The summed E-state index contributed by atoms with van der Waals surface area (Å²) >= 11 is 12.0. The van der Waals surface area contributed by atoms with Crippen LogP contribution in [0.2, 0.25) is 0 Å². The van der Waals surface area contributed by atoms with Crippen LogP contribution in [0, 0.1) is 0 Å². The fraction of sp³-hybridized carbons (Fsp3) is 1.00. The van der Waals surface area contributed by atoms with E-state index in [2.05, 4.69) is 37.9 Å². The number of hydrogen-bond acceptors (Lipinski definition) is 6. The second-order valence-electron chi connectivity index (χ2n) is 2.07. The van der Waals surface area contributed by atoms with Crippen LogP contribution in [0.5, 0.6) is 0 Å². The Kier molecular flexibility index (Phi) is 11.9. The molecule has 7 heteroatoms. The summed E-state index contributed by atoms with van der Waals surface area (Å²) in [6, 6.07) is 0. The maximum atomic E-state index is 5.21. The number of hydrogen-bond donors (Lipinski definition) is 3. The molecule has 0 heterocycles. The van der Waals surface area contributed by atoms with Crippen molar-refractivity contribution in [3.8, 4) is 0 Å². The van der Waals surface area contributed by atoms with Gasteiger partial charge in [-0.2, -0.15) is 37.9 Å². The third-order valence-corrected chi connectivity index (χ3v) is 1.58. The normalized spacial score (nSPS) is 10.4. The van der Waals surface area contributed by atoms with E-state index in [0.29, 0.717) is 37.1 Å². The van der Waals surface area contributed by atoms with Gasteiger partial charge in [0.2, 0.25) is 0 Å². The van der Waals surface area contributed by atoms with Crippen molar-refractivity contribution in [2.75, 3.05) is 37.1 Å². The van der Waals surface area contributed by atoms with Gasteiger partial charge in [-0.25, -0.2) is 0 Å². The molecule has 0 fully saturated rings. The van der Waals surface area contributed by atoms with Crippen molar-refractivity contribution in [3.05, 3.63) is 0 Å². The van der Waals surface area contributed by atoms with Gasteiger partial charge >= 0.3 is 7.32 Å². The molecular formula is C6H15BO3S3. The molecule has 78 valence electrons. The smallest absolute Gasteiger partial charge is 0.385 e. The topological polar surface area (TPSA) is 27.7 Å². The summed E-state index contributed by atoms with van der Waals surface area (Å²) in [5.41, 5.74) is 0. The molecule has 0 unspecified atom stereocenters. The van der Waals surface area contributed by atoms with Crippen molar-refractivity contribution in [2.24, 2.45) is 0 Å². The average Bonchev–Trinajstić information content (AvgIpc) is 2.17. The lowest BCUT2D eigenvalue weighted by atomic mass is 10.2. The van der Waals surface area contributed by atoms with Crippen molar-refractivity contribution >= 4 is 45.2 Å². The van der Waals surface area contributed by atoms with E-state index in [1.165, 1.54) is 0 Å². The van der Waals surface area contributed by atoms with Crippen molar-refractivity contribution in [1.29, 1.82) is 0 Å². The van der Waals surface area contributed by atoms with Crippen LogP contribution in [0.3, 0.4) is 0 Å². The minimum Gasteiger partial charge on any atom is -0.385 e. The first-order valence-electron chi connectivity index (χ1n) is 4.02. The van der Waals surface area contributed by atoms with Gasteiger partial charge in [0.25, 0.3) is 0 Å². The molecule has 0 aromatic heterocycles. The van der Waals surface area contributed by atoms with Crippen LogP contribution in [0.1, 0.15) is 0 Å². The quantitative estimate of drug-likeness (QED) is 0.412. The van der Waals surface area contributed by atoms with Crippen LogP contribution >= 0.6 is 37.9 Å². The Morgan fingerprint density at radius 2 is 1.00 bits per heavy atom. The first-order chi connectivity index (χ1) is 6.35. The van der Waals surface area contributed by atoms with E-state index in [0.717, 1.165) is 0 Å². The summed E-state index contributed by atoms with van der Waals surface area (Å²) < 4.78 is 15.6. The predicted octanol–water partition coefficient (Wildman–Crippen LogP) is 0.810. The highest BCUT2D eigenvalue weighted by atomic mass is 32.1. The van der Waals surface area contributed by atoms with E-state index in [9.17, 15) is 0 Å². The lowest BCUT2D eigenvalue weighted by molar-refractivity contribution is 0.110. The second kappa shape index (κ2) is 11.1. The number of thiol groups is 3. The van der Waals surface area contributed by atoms with Crippen LogP contribution in [0.15, 0.2) is 0 Å². The minimum atomic E-state index is -0.605. The van der Waals surface area contributed by atoms with Crippen molar-refractivity contribution in [2.45, 2.75) is 0 Å². The van der Waals surface area contributed by atoms with E-state index in [-0.39, 0.29) is 0 Å². The highest BCUT2D eigenvalue weighted by Crippen LogP contribution is 1.94. The molecule has 0 atom stereocenters. The zero-order chi connectivity index (χ0) is 9.94. The molecule has 0 saturated carbocycles. The first-order valence-corrected chi connectivity index (χ1v) is 5.92. The van der Waals surface area contributed by atoms with Crippen molar-refractivity contribution in [1.82, 2.24) is 0 Å². The van der Waals surface area contributed by atoms with Gasteiger partial charge in [-0.3, -0.25) is 0 Å². The SMILES string of the molecule is SCCOB(OCCS)OCCS. The summed E-state index contributed by atoms with van der Waals surface area (Å²) in [5.74, 6) is 1.93. The standard InChI is InChI=1S/C6H15BO3S3/c11-4-1-8-7(9-2-5-12)10-3-6-13/h11-13H,1-6H2. The average molecular weight is 242 g/mol. The molecule has 0 bridgehead atoms. The highest BCUT2D eigenvalue weighted by Gasteiger charge is 2.19. The van der Waals surface area contributed by atoms with Crippen molar-refractivity contribution in [3.63, 3.8) is 0 Å². The van der Waals surface area contributed by atoms with Gasteiger partial charge in [0.1, 0.15) is 0 Å². The molecule has 3 nitrogen and oxygen atoms in total. The summed E-state index contributed by atoms with van der Waals surface area (Å²) in [7, 11) is -0.605. The molecule has 0 aromatic carbocycles. The minimum absolute atomic E-state index is 0.507. The summed E-state index contributed by atoms with van der Waals surface area (Å²) in [4.78, 5) is 0. The molecule has 0 N–H and O–H groups in total. The molecule has 0 aliphatic heterocycles. The molecule has 0 radical (unpaired) electrons. The molecule has 0 rings (SSSR count). The van der Waals surface area contributed by atoms with Crippen LogP contribution < -0.4 is 0 Å². The molecule has 0 spiro atoms. The van der Waals surface area contributed by atoms with Crippen LogP contribution in [0.25, 0.3) is 0 Å². The zero-order valence-electron chi connectivity index (χ0n) is 7.39. The summed E-state index contributed by atoms with van der Waals surface area (Å²) in [6.45, 7) is 1.52.